The topological polar surface area (TPSA) is 81.3 Å². The van der Waals surface area contributed by atoms with Crippen LogP contribution in [-0.4, -0.2) is 34.8 Å². The second-order valence-electron chi connectivity index (χ2n) is 5.83. The summed E-state index contributed by atoms with van der Waals surface area (Å²) in [6.07, 6.45) is 0. The SMILES string of the molecule is COC(=O)c1ccc(-c2n[nH]c(Cl)c2C(=O)OC(C)(C)C)cc1. The van der Waals surface area contributed by atoms with Crippen LogP contribution in [0, 0.1) is 0 Å². The summed E-state index contributed by atoms with van der Waals surface area (Å²) >= 11 is 6.03. The highest BCUT2D eigenvalue weighted by Gasteiger charge is 2.26. The molecule has 7 heteroatoms. The molecule has 122 valence electrons. The summed E-state index contributed by atoms with van der Waals surface area (Å²) in [5.41, 5.74) is 0.899. The summed E-state index contributed by atoms with van der Waals surface area (Å²) in [7, 11) is 1.31. The van der Waals surface area contributed by atoms with Crippen LogP contribution in [0.25, 0.3) is 11.3 Å². The molecule has 0 amide bonds. The zero-order valence-corrected chi connectivity index (χ0v) is 14.0. The minimum absolute atomic E-state index is 0.103. The summed E-state index contributed by atoms with van der Waals surface area (Å²) in [5.74, 6) is -1.01. The van der Waals surface area contributed by atoms with Crippen molar-refractivity contribution >= 4 is 23.5 Å². The molecule has 2 aromatic rings. The van der Waals surface area contributed by atoms with Crippen LogP contribution in [0.4, 0.5) is 0 Å². The second kappa shape index (κ2) is 6.42. The van der Waals surface area contributed by atoms with E-state index < -0.39 is 17.5 Å². The number of nitrogens with zero attached hydrogens (tertiary/aromatic N) is 1. The molecule has 23 heavy (non-hydrogen) atoms. The van der Waals surface area contributed by atoms with Crippen molar-refractivity contribution in [1.82, 2.24) is 10.2 Å². The number of hydrogen-bond acceptors (Lipinski definition) is 5. The van der Waals surface area contributed by atoms with Gasteiger partial charge in [-0.1, -0.05) is 23.7 Å². The van der Waals surface area contributed by atoms with E-state index in [9.17, 15) is 9.59 Å². The van der Waals surface area contributed by atoms with Crippen molar-refractivity contribution in [2.24, 2.45) is 0 Å². The zero-order chi connectivity index (χ0) is 17.2. The van der Waals surface area contributed by atoms with E-state index in [1.54, 1.807) is 45.0 Å². The number of nitrogens with one attached hydrogen (secondary N) is 1. The highest BCUT2D eigenvalue weighted by Crippen LogP contribution is 2.29. The van der Waals surface area contributed by atoms with Crippen molar-refractivity contribution in [1.29, 1.82) is 0 Å². The fourth-order valence-corrected chi connectivity index (χ4v) is 2.14. The summed E-state index contributed by atoms with van der Waals surface area (Å²) in [6, 6.07) is 6.49. The van der Waals surface area contributed by atoms with Crippen LogP contribution in [0.15, 0.2) is 24.3 Å². The Morgan fingerprint density at radius 3 is 2.26 bits per heavy atom. The zero-order valence-electron chi connectivity index (χ0n) is 13.3. The fourth-order valence-electron chi connectivity index (χ4n) is 1.93. The molecule has 1 heterocycles. The van der Waals surface area contributed by atoms with Gasteiger partial charge in [0.25, 0.3) is 0 Å². The van der Waals surface area contributed by atoms with Crippen LogP contribution >= 0.6 is 11.6 Å². The lowest BCUT2D eigenvalue weighted by atomic mass is 10.1. The van der Waals surface area contributed by atoms with Crippen molar-refractivity contribution in [2.45, 2.75) is 26.4 Å². The Bertz CT molecular complexity index is 730. The van der Waals surface area contributed by atoms with Crippen LogP contribution in [0.3, 0.4) is 0 Å². The second-order valence-corrected chi connectivity index (χ2v) is 6.21. The van der Waals surface area contributed by atoms with E-state index in [-0.39, 0.29) is 10.7 Å². The number of hydrogen-bond donors (Lipinski definition) is 1. The quantitative estimate of drug-likeness (QED) is 0.868. The number of ether oxygens (including phenoxy) is 2. The molecule has 0 fully saturated rings. The van der Waals surface area contributed by atoms with E-state index in [1.807, 2.05) is 0 Å². The number of carbonyl (C=O) groups excluding carboxylic acids is 2. The normalized spacial score (nSPS) is 11.2. The number of esters is 2. The molecule has 0 atom stereocenters. The molecule has 0 spiro atoms. The van der Waals surface area contributed by atoms with Gasteiger partial charge in [-0.25, -0.2) is 9.59 Å². The maximum Gasteiger partial charge on any atom is 0.344 e. The first-order valence-electron chi connectivity index (χ1n) is 6.89. The van der Waals surface area contributed by atoms with Crippen molar-refractivity contribution < 1.29 is 19.1 Å². The summed E-state index contributed by atoms with van der Waals surface area (Å²) in [5, 5.41) is 6.73. The molecule has 0 bridgehead atoms. The molecule has 0 radical (unpaired) electrons. The first-order chi connectivity index (χ1) is 10.7. The van der Waals surface area contributed by atoms with E-state index in [0.29, 0.717) is 16.8 Å². The van der Waals surface area contributed by atoms with Crippen LogP contribution in [0.2, 0.25) is 5.15 Å². The van der Waals surface area contributed by atoms with Gasteiger partial charge in [-0.3, -0.25) is 5.10 Å². The number of methoxy groups -OCH3 is 1. The van der Waals surface area contributed by atoms with E-state index >= 15 is 0 Å². The summed E-state index contributed by atoms with van der Waals surface area (Å²) in [4.78, 5) is 23.8. The highest BCUT2D eigenvalue weighted by atomic mass is 35.5. The van der Waals surface area contributed by atoms with E-state index in [2.05, 4.69) is 14.9 Å². The lowest BCUT2D eigenvalue weighted by Crippen LogP contribution is -2.24. The number of carbonyl (C=O) groups is 2. The smallest absolute Gasteiger partial charge is 0.344 e. The summed E-state index contributed by atoms with van der Waals surface area (Å²) in [6.45, 7) is 5.30. The Balaban J connectivity index is 2.38. The van der Waals surface area contributed by atoms with Crippen LogP contribution < -0.4 is 0 Å². The molecule has 0 aliphatic heterocycles. The number of H-pyrrole nitrogens is 1. The van der Waals surface area contributed by atoms with Gasteiger partial charge in [-0.15, -0.1) is 0 Å². The van der Waals surface area contributed by atoms with Crippen LogP contribution in [-0.2, 0) is 9.47 Å². The van der Waals surface area contributed by atoms with Gasteiger partial charge in [0.1, 0.15) is 22.0 Å². The predicted molar refractivity (Wildman–Crippen MR) is 85.5 cm³/mol. The molecule has 0 saturated heterocycles. The molecule has 6 nitrogen and oxygen atoms in total. The van der Waals surface area contributed by atoms with Gasteiger partial charge in [0.2, 0.25) is 0 Å². The van der Waals surface area contributed by atoms with E-state index in [1.165, 1.54) is 7.11 Å². The Kier molecular flexibility index (Phi) is 4.75. The Labute approximate surface area is 138 Å². The Morgan fingerprint density at radius 1 is 1.13 bits per heavy atom. The number of aromatic nitrogens is 2. The third-order valence-electron chi connectivity index (χ3n) is 2.90. The number of benzene rings is 1. The van der Waals surface area contributed by atoms with Gasteiger partial charge in [-0.2, -0.15) is 5.10 Å². The van der Waals surface area contributed by atoms with Gasteiger partial charge in [0.15, 0.2) is 0 Å². The Hall–Kier alpha value is -2.34. The first kappa shape index (κ1) is 17.0. The van der Waals surface area contributed by atoms with E-state index in [0.717, 1.165) is 0 Å². The van der Waals surface area contributed by atoms with Crippen molar-refractivity contribution in [3.63, 3.8) is 0 Å². The Morgan fingerprint density at radius 2 is 1.74 bits per heavy atom. The monoisotopic (exact) mass is 336 g/mol. The molecule has 1 N–H and O–H groups in total. The van der Waals surface area contributed by atoms with Gasteiger partial charge in [-0.05, 0) is 32.9 Å². The first-order valence-corrected chi connectivity index (χ1v) is 7.26. The molecule has 1 aromatic carbocycles. The van der Waals surface area contributed by atoms with Crippen molar-refractivity contribution in [3.8, 4) is 11.3 Å². The lowest BCUT2D eigenvalue weighted by molar-refractivity contribution is 0.00705. The standard InChI is InChI=1S/C16H17ClN2O4/c1-16(2,3)23-15(21)11-12(18-19-13(11)17)9-5-7-10(8-6-9)14(20)22-4/h5-8H,1-4H3,(H,18,19). The third-order valence-corrected chi connectivity index (χ3v) is 3.18. The largest absolute Gasteiger partial charge is 0.465 e. The average Bonchev–Trinajstić information content (AvgIpc) is 2.86. The van der Waals surface area contributed by atoms with Crippen molar-refractivity contribution in [2.75, 3.05) is 7.11 Å². The van der Waals surface area contributed by atoms with Crippen LogP contribution in [0.1, 0.15) is 41.5 Å². The average molecular weight is 337 g/mol. The minimum Gasteiger partial charge on any atom is -0.465 e. The molecule has 0 unspecified atom stereocenters. The fraction of sp³-hybridized carbons (Fsp3) is 0.312. The summed E-state index contributed by atoms with van der Waals surface area (Å²) < 4.78 is 9.99. The molecule has 0 aliphatic carbocycles. The van der Waals surface area contributed by atoms with Gasteiger partial charge in [0, 0.05) is 5.56 Å². The maximum absolute atomic E-state index is 12.3. The molecule has 1 aromatic heterocycles. The van der Waals surface area contributed by atoms with Crippen LogP contribution in [0.5, 0.6) is 0 Å². The molecular weight excluding hydrogens is 320 g/mol. The molecule has 0 aliphatic rings. The van der Waals surface area contributed by atoms with Gasteiger partial charge < -0.3 is 9.47 Å². The lowest BCUT2D eigenvalue weighted by Gasteiger charge is -2.19. The van der Waals surface area contributed by atoms with Gasteiger partial charge >= 0.3 is 11.9 Å². The van der Waals surface area contributed by atoms with E-state index in [4.69, 9.17) is 16.3 Å². The molecular formula is C16H17ClN2O4. The number of halogens is 1. The highest BCUT2D eigenvalue weighted by molar-refractivity contribution is 6.33. The maximum atomic E-state index is 12.3. The molecule has 0 saturated carbocycles. The van der Waals surface area contributed by atoms with Crippen molar-refractivity contribution in [3.05, 3.63) is 40.5 Å². The number of aromatic amines is 1. The third kappa shape index (κ3) is 3.90. The minimum atomic E-state index is -0.649. The van der Waals surface area contributed by atoms with Gasteiger partial charge in [0.05, 0.1) is 12.7 Å². The number of rotatable bonds is 3. The predicted octanol–water partition coefficient (Wildman–Crippen LogP) is 3.47. The molecule has 2 rings (SSSR count).